The van der Waals surface area contributed by atoms with Gasteiger partial charge in [-0.05, 0) is 30.5 Å². The number of nitrogens with zero attached hydrogens (tertiary/aromatic N) is 2. The number of amides is 5. The highest BCUT2D eigenvalue weighted by Crippen LogP contribution is 2.33. The van der Waals surface area contributed by atoms with Crippen LogP contribution in [0, 0.1) is 0 Å². The lowest BCUT2D eigenvalue weighted by Gasteiger charge is -2.25. The first-order valence-electron chi connectivity index (χ1n) is 10.3. The fourth-order valence-corrected chi connectivity index (χ4v) is 4.18. The zero-order valence-corrected chi connectivity index (χ0v) is 17.3. The second-order valence-electron chi connectivity index (χ2n) is 7.66. The number of imide groups is 1. The third-order valence-corrected chi connectivity index (χ3v) is 5.82. The number of para-hydroxylation sites is 2. The Hall–Kier alpha value is -3.68. The maximum Gasteiger partial charge on any atom is 0.325 e. The summed E-state index contributed by atoms with van der Waals surface area (Å²) in [6.07, 6.45) is 1.60. The van der Waals surface area contributed by atoms with Crippen molar-refractivity contribution in [3.8, 4) is 0 Å². The Kier molecular flexibility index (Phi) is 5.46. The van der Waals surface area contributed by atoms with Crippen LogP contribution in [0.15, 0.2) is 54.6 Å². The molecule has 160 valence electrons. The summed E-state index contributed by atoms with van der Waals surface area (Å²) in [6.45, 7) is 1.99. The molecule has 0 saturated carbocycles. The average molecular weight is 420 g/mol. The van der Waals surface area contributed by atoms with Crippen LogP contribution in [0.3, 0.4) is 0 Å². The second-order valence-corrected chi connectivity index (χ2v) is 7.66. The summed E-state index contributed by atoms with van der Waals surface area (Å²) in [7, 11) is 0. The van der Waals surface area contributed by atoms with E-state index in [9.17, 15) is 19.2 Å². The molecule has 2 aliphatic rings. The van der Waals surface area contributed by atoms with Crippen LogP contribution in [-0.4, -0.2) is 41.7 Å². The van der Waals surface area contributed by atoms with E-state index in [-0.39, 0.29) is 5.91 Å². The van der Waals surface area contributed by atoms with Gasteiger partial charge in [-0.15, -0.1) is 0 Å². The van der Waals surface area contributed by atoms with Gasteiger partial charge in [0.25, 0.3) is 5.91 Å². The first-order valence-corrected chi connectivity index (χ1v) is 10.3. The van der Waals surface area contributed by atoms with Crippen molar-refractivity contribution in [2.45, 2.75) is 31.7 Å². The third-order valence-electron chi connectivity index (χ3n) is 5.82. The minimum atomic E-state index is -1.18. The Morgan fingerprint density at radius 2 is 1.77 bits per heavy atom. The van der Waals surface area contributed by atoms with Crippen LogP contribution in [0.1, 0.15) is 31.7 Å². The lowest BCUT2D eigenvalue weighted by Crippen LogP contribution is -2.44. The van der Waals surface area contributed by atoms with Crippen molar-refractivity contribution in [2.75, 3.05) is 23.3 Å². The number of rotatable bonds is 6. The monoisotopic (exact) mass is 420 g/mol. The van der Waals surface area contributed by atoms with Crippen LogP contribution >= 0.6 is 0 Å². The van der Waals surface area contributed by atoms with Gasteiger partial charge in [0.1, 0.15) is 12.1 Å². The molecule has 2 aliphatic heterocycles. The van der Waals surface area contributed by atoms with Gasteiger partial charge in [-0.25, -0.2) is 4.79 Å². The first kappa shape index (κ1) is 20.6. The van der Waals surface area contributed by atoms with Gasteiger partial charge >= 0.3 is 6.03 Å². The molecule has 2 aromatic rings. The summed E-state index contributed by atoms with van der Waals surface area (Å²) in [6, 6.07) is 15.4. The largest absolute Gasteiger partial charge is 0.325 e. The molecule has 0 aromatic heterocycles. The fourth-order valence-electron chi connectivity index (χ4n) is 4.18. The van der Waals surface area contributed by atoms with Crippen LogP contribution in [0.2, 0.25) is 0 Å². The molecule has 8 heteroatoms. The summed E-state index contributed by atoms with van der Waals surface area (Å²) in [5.41, 5.74) is 0.581. The lowest BCUT2D eigenvalue weighted by molar-refractivity contribution is -0.134. The van der Waals surface area contributed by atoms with Gasteiger partial charge in [0.15, 0.2) is 0 Å². The molecule has 0 spiro atoms. The highest BCUT2D eigenvalue weighted by Gasteiger charge is 2.51. The summed E-state index contributed by atoms with van der Waals surface area (Å²) >= 11 is 0. The number of hydrogen-bond acceptors (Lipinski definition) is 4. The zero-order chi connectivity index (χ0) is 22.0. The first-order chi connectivity index (χ1) is 15.0. The second kappa shape index (κ2) is 8.22. The highest BCUT2D eigenvalue weighted by atomic mass is 16.2. The number of urea groups is 1. The molecular formula is C23H24N4O4. The number of carbonyl (C=O) groups excluding carboxylic acids is 4. The topological polar surface area (TPSA) is 98.8 Å². The third kappa shape index (κ3) is 3.65. The van der Waals surface area contributed by atoms with Crippen molar-refractivity contribution in [1.29, 1.82) is 0 Å². The zero-order valence-electron chi connectivity index (χ0n) is 17.3. The van der Waals surface area contributed by atoms with Crippen molar-refractivity contribution in [2.24, 2.45) is 0 Å². The molecule has 0 aliphatic carbocycles. The van der Waals surface area contributed by atoms with Crippen LogP contribution in [0.4, 0.5) is 16.2 Å². The summed E-state index contributed by atoms with van der Waals surface area (Å²) in [5, 5.41) is 5.52. The summed E-state index contributed by atoms with van der Waals surface area (Å²) < 4.78 is 0. The maximum absolute atomic E-state index is 13.2. The molecule has 4 rings (SSSR count). The highest BCUT2D eigenvalue weighted by molar-refractivity contribution is 6.11. The molecule has 2 fully saturated rings. The van der Waals surface area contributed by atoms with Crippen molar-refractivity contribution in [3.63, 3.8) is 0 Å². The maximum atomic E-state index is 13.2. The predicted octanol–water partition coefficient (Wildman–Crippen LogP) is 2.61. The molecule has 31 heavy (non-hydrogen) atoms. The summed E-state index contributed by atoms with van der Waals surface area (Å²) in [4.78, 5) is 53.2. The van der Waals surface area contributed by atoms with E-state index >= 15 is 0 Å². The number of carbonyl (C=O) groups is 4. The molecular weight excluding hydrogens is 396 g/mol. The molecule has 2 heterocycles. The Bertz CT molecular complexity index is 1040. The molecule has 2 N–H and O–H groups in total. The molecule has 8 nitrogen and oxygen atoms in total. The number of nitrogens with one attached hydrogen (secondary N) is 2. The van der Waals surface area contributed by atoms with E-state index in [1.165, 1.54) is 0 Å². The van der Waals surface area contributed by atoms with Crippen LogP contribution < -0.4 is 15.5 Å². The molecule has 5 amide bonds. The Morgan fingerprint density at radius 1 is 1.06 bits per heavy atom. The van der Waals surface area contributed by atoms with E-state index in [0.717, 1.165) is 11.3 Å². The van der Waals surface area contributed by atoms with E-state index in [2.05, 4.69) is 10.6 Å². The van der Waals surface area contributed by atoms with Gasteiger partial charge in [0.05, 0.1) is 11.4 Å². The van der Waals surface area contributed by atoms with Crippen molar-refractivity contribution in [3.05, 3.63) is 60.2 Å². The quantitative estimate of drug-likeness (QED) is 0.702. The van der Waals surface area contributed by atoms with Crippen LogP contribution in [0.25, 0.3) is 0 Å². The van der Waals surface area contributed by atoms with Crippen molar-refractivity contribution in [1.82, 2.24) is 10.2 Å². The molecule has 1 unspecified atom stereocenters. The van der Waals surface area contributed by atoms with Gasteiger partial charge in [0.2, 0.25) is 11.8 Å². The van der Waals surface area contributed by atoms with Crippen molar-refractivity contribution >= 4 is 35.1 Å². The lowest BCUT2D eigenvalue weighted by atomic mass is 9.87. The van der Waals surface area contributed by atoms with Gasteiger partial charge < -0.3 is 15.5 Å². The molecule has 2 saturated heterocycles. The van der Waals surface area contributed by atoms with Gasteiger partial charge in [-0.3, -0.25) is 19.3 Å². The minimum absolute atomic E-state index is 0.00591. The van der Waals surface area contributed by atoms with E-state index < -0.39 is 29.9 Å². The van der Waals surface area contributed by atoms with Crippen molar-refractivity contribution < 1.29 is 19.2 Å². The average Bonchev–Trinajstić information content (AvgIpc) is 3.31. The smallest absolute Gasteiger partial charge is 0.323 e. The van der Waals surface area contributed by atoms with E-state index in [4.69, 9.17) is 0 Å². The predicted molar refractivity (Wildman–Crippen MR) is 115 cm³/mol. The Labute approximate surface area is 180 Å². The molecule has 0 radical (unpaired) electrons. The number of hydrogen-bond donors (Lipinski definition) is 2. The van der Waals surface area contributed by atoms with E-state index in [1.807, 2.05) is 13.0 Å². The fraction of sp³-hybridized carbons (Fsp3) is 0.304. The summed E-state index contributed by atoms with van der Waals surface area (Å²) in [5.74, 6) is -0.960. The van der Waals surface area contributed by atoms with Crippen LogP contribution in [0.5, 0.6) is 0 Å². The SMILES string of the molecule is CCC1(c2ccccc2)NC(=O)N(CC(=O)Nc2ccccc2N2CCCC2=O)C1=O. The standard InChI is InChI=1S/C23H24N4O4/c1-2-23(16-9-4-3-5-10-16)21(30)27(22(31)25-23)15-19(28)24-17-11-6-7-12-18(17)26-14-8-13-20(26)29/h3-7,9-12H,2,8,13-15H2,1H3,(H,24,28)(H,25,31). The minimum Gasteiger partial charge on any atom is -0.323 e. The Morgan fingerprint density at radius 3 is 2.45 bits per heavy atom. The normalized spacial score (nSPS) is 20.9. The van der Waals surface area contributed by atoms with Crippen LogP contribution in [-0.2, 0) is 19.9 Å². The van der Waals surface area contributed by atoms with Gasteiger partial charge in [0, 0.05) is 13.0 Å². The van der Waals surface area contributed by atoms with Gasteiger partial charge in [-0.2, -0.15) is 0 Å². The molecule has 0 bridgehead atoms. The van der Waals surface area contributed by atoms with Gasteiger partial charge in [-0.1, -0.05) is 49.4 Å². The number of anilines is 2. The molecule has 1 atom stereocenters. The number of benzene rings is 2. The van der Waals surface area contributed by atoms with E-state index in [0.29, 0.717) is 36.3 Å². The molecule has 2 aromatic carbocycles. The Balaban J connectivity index is 1.52. The van der Waals surface area contributed by atoms with E-state index in [1.54, 1.807) is 53.4 Å².